The zero-order valence-electron chi connectivity index (χ0n) is 16.7. The number of halogens is 1. The summed E-state index contributed by atoms with van der Waals surface area (Å²) in [6.07, 6.45) is -0.497. The molecule has 0 fully saturated rings. The van der Waals surface area contributed by atoms with Gasteiger partial charge in [0.15, 0.2) is 12.2 Å². The maximum atomic E-state index is 12.7. The van der Waals surface area contributed by atoms with Crippen LogP contribution in [-0.2, 0) is 9.53 Å². The standard InChI is InChI=1S/C24H20BrNO6/c25-17-8-10-18(11-9-17)26-24(30)32-23(16-6-12-19(27)13-7-16)21(14-15-22(28)29)31-20-4-2-1-3-5-20/h1-15,21,23,27H,(H,26,30)(H,28,29)/b15-14+/t21-,23-/m1/s1. The molecular formula is C24H20BrNO6. The highest BCUT2D eigenvalue weighted by molar-refractivity contribution is 9.10. The number of aromatic hydroxyl groups is 1. The number of benzene rings is 3. The van der Waals surface area contributed by atoms with E-state index >= 15 is 0 Å². The predicted molar refractivity (Wildman–Crippen MR) is 123 cm³/mol. The number of hydrogen-bond acceptors (Lipinski definition) is 5. The van der Waals surface area contributed by atoms with Gasteiger partial charge in [0.25, 0.3) is 0 Å². The first-order chi connectivity index (χ1) is 15.4. The minimum absolute atomic E-state index is 0.0356. The third-order valence-electron chi connectivity index (χ3n) is 4.29. The van der Waals surface area contributed by atoms with Crippen LogP contribution in [0.5, 0.6) is 11.5 Å². The molecule has 2 atom stereocenters. The van der Waals surface area contributed by atoms with Crippen molar-refractivity contribution in [3.8, 4) is 11.5 Å². The van der Waals surface area contributed by atoms with Crippen molar-refractivity contribution < 1.29 is 29.3 Å². The fraction of sp³-hybridized carbons (Fsp3) is 0.0833. The number of anilines is 1. The Morgan fingerprint density at radius 2 is 1.59 bits per heavy atom. The monoisotopic (exact) mass is 497 g/mol. The fourth-order valence-electron chi connectivity index (χ4n) is 2.82. The van der Waals surface area contributed by atoms with Crippen molar-refractivity contribution >= 4 is 33.7 Å². The van der Waals surface area contributed by atoms with E-state index in [1.807, 2.05) is 6.07 Å². The number of nitrogens with one attached hydrogen (secondary N) is 1. The zero-order chi connectivity index (χ0) is 22.9. The van der Waals surface area contributed by atoms with E-state index in [1.165, 1.54) is 18.2 Å². The van der Waals surface area contributed by atoms with Gasteiger partial charge >= 0.3 is 12.1 Å². The molecule has 0 aromatic heterocycles. The van der Waals surface area contributed by atoms with Crippen LogP contribution in [0.15, 0.2) is 95.5 Å². The highest BCUT2D eigenvalue weighted by atomic mass is 79.9. The number of carbonyl (C=O) groups is 2. The molecule has 0 aliphatic rings. The molecule has 0 radical (unpaired) electrons. The highest BCUT2D eigenvalue weighted by Gasteiger charge is 2.28. The Kier molecular flexibility index (Phi) is 7.88. The molecule has 3 aromatic carbocycles. The maximum Gasteiger partial charge on any atom is 0.412 e. The van der Waals surface area contributed by atoms with Crippen molar-refractivity contribution in [2.45, 2.75) is 12.2 Å². The Bertz CT molecular complexity index is 1070. The lowest BCUT2D eigenvalue weighted by molar-refractivity contribution is -0.131. The van der Waals surface area contributed by atoms with Gasteiger partial charge in [-0.3, -0.25) is 5.32 Å². The molecule has 0 aliphatic carbocycles. The third kappa shape index (κ3) is 6.88. The van der Waals surface area contributed by atoms with Crippen molar-refractivity contribution in [2.75, 3.05) is 5.32 Å². The molecule has 3 aromatic rings. The average Bonchev–Trinajstić information content (AvgIpc) is 2.78. The number of carbonyl (C=O) groups excluding carboxylic acids is 1. The van der Waals surface area contributed by atoms with E-state index in [1.54, 1.807) is 60.7 Å². The number of phenolic OH excluding ortho intramolecular Hbond substituents is 1. The maximum absolute atomic E-state index is 12.7. The van der Waals surface area contributed by atoms with E-state index < -0.39 is 24.3 Å². The summed E-state index contributed by atoms with van der Waals surface area (Å²) in [5, 5.41) is 21.4. The first-order valence-corrected chi connectivity index (χ1v) is 10.3. The van der Waals surface area contributed by atoms with Crippen molar-refractivity contribution in [1.82, 2.24) is 0 Å². The lowest BCUT2D eigenvalue weighted by Gasteiger charge is -2.26. The summed E-state index contributed by atoms with van der Waals surface area (Å²) in [5.74, 6) is -0.669. The van der Waals surface area contributed by atoms with Gasteiger partial charge < -0.3 is 19.7 Å². The first kappa shape index (κ1) is 22.9. The number of phenols is 1. The van der Waals surface area contributed by atoms with Crippen molar-refractivity contribution in [3.63, 3.8) is 0 Å². The molecule has 8 heteroatoms. The quantitative estimate of drug-likeness (QED) is 0.353. The van der Waals surface area contributed by atoms with Crippen LogP contribution in [0.4, 0.5) is 10.5 Å². The number of hydrogen-bond donors (Lipinski definition) is 3. The van der Waals surface area contributed by atoms with Crippen LogP contribution in [0.25, 0.3) is 0 Å². The van der Waals surface area contributed by atoms with Crippen molar-refractivity contribution in [2.24, 2.45) is 0 Å². The largest absolute Gasteiger partial charge is 0.508 e. The van der Waals surface area contributed by atoms with Gasteiger partial charge in [-0.1, -0.05) is 46.3 Å². The van der Waals surface area contributed by atoms with E-state index in [2.05, 4.69) is 21.2 Å². The molecule has 164 valence electrons. The van der Waals surface area contributed by atoms with Crippen molar-refractivity contribution in [1.29, 1.82) is 0 Å². The molecule has 3 N–H and O–H groups in total. The zero-order valence-corrected chi connectivity index (χ0v) is 18.3. The lowest BCUT2D eigenvalue weighted by Crippen LogP contribution is -2.29. The Morgan fingerprint density at radius 3 is 2.22 bits per heavy atom. The van der Waals surface area contributed by atoms with Crippen LogP contribution in [0.3, 0.4) is 0 Å². The van der Waals surface area contributed by atoms with Gasteiger partial charge in [-0.05, 0) is 60.2 Å². The SMILES string of the molecule is O=C(O)/C=C/[C@@H](Oc1ccccc1)[C@H](OC(=O)Nc1ccc(Br)cc1)c1ccc(O)cc1. The summed E-state index contributed by atoms with van der Waals surface area (Å²) >= 11 is 3.33. The summed E-state index contributed by atoms with van der Waals surface area (Å²) in [6, 6.07) is 21.7. The van der Waals surface area contributed by atoms with Crippen LogP contribution >= 0.6 is 15.9 Å². The number of rotatable bonds is 8. The van der Waals surface area contributed by atoms with E-state index in [4.69, 9.17) is 14.6 Å². The molecule has 0 bridgehead atoms. The molecule has 0 saturated carbocycles. The minimum atomic E-state index is -1.17. The molecule has 0 heterocycles. The second kappa shape index (κ2) is 11.0. The van der Waals surface area contributed by atoms with Gasteiger partial charge in [0.05, 0.1) is 0 Å². The van der Waals surface area contributed by atoms with Crippen LogP contribution in [0.1, 0.15) is 11.7 Å². The molecule has 0 saturated heterocycles. The fourth-order valence-corrected chi connectivity index (χ4v) is 3.08. The summed E-state index contributed by atoms with van der Waals surface area (Å²) in [5.41, 5.74) is 1.02. The Morgan fingerprint density at radius 1 is 0.938 bits per heavy atom. The molecule has 7 nitrogen and oxygen atoms in total. The van der Waals surface area contributed by atoms with Gasteiger partial charge in [0, 0.05) is 16.2 Å². The van der Waals surface area contributed by atoms with Crippen LogP contribution < -0.4 is 10.1 Å². The average molecular weight is 498 g/mol. The number of carboxylic acids is 1. The number of ether oxygens (including phenoxy) is 2. The Labute approximate surface area is 193 Å². The van der Waals surface area contributed by atoms with Gasteiger partial charge in [-0.25, -0.2) is 9.59 Å². The van der Waals surface area contributed by atoms with Crippen LogP contribution in [-0.4, -0.2) is 28.4 Å². The number of amides is 1. The molecule has 3 rings (SSSR count). The minimum Gasteiger partial charge on any atom is -0.508 e. The highest BCUT2D eigenvalue weighted by Crippen LogP contribution is 2.28. The third-order valence-corrected chi connectivity index (χ3v) is 4.82. The topological polar surface area (TPSA) is 105 Å². The molecular weight excluding hydrogens is 478 g/mol. The van der Waals surface area contributed by atoms with Crippen LogP contribution in [0, 0.1) is 0 Å². The second-order valence-corrected chi connectivity index (χ2v) is 7.56. The Hall–Kier alpha value is -3.78. The predicted octanol–water partition coefficient (Wildman–Crippen LogP) is 5.53. The van der Waals surface area contributed by atoms with Gasteiger partial charge in [-0.2, -0.15) is 0 Å². The molecule has 1 amide bonds. The van der Waals surface area contributed by atoms with Crippen molar-refractivity contribution in [3.05, 3.63) is 101 Å². The smallest absolute Gasteiger partial charge is 0.412 e. The van der Waals surface area contributed by atoms with Crippen LogP contribution in [0.2, 0.25) is 0 Å². The van der Waals surface area contributed by atoms with Gasteiger partial charge in [0.2, 0.25) is 0 Å². The second-order valence-electron chi connectivity index (χ2n) is 6.64. The van der Waals surface area contributed by atoms with E-state index in [0.717, 1.165) is 10.5 Å². The first-order valence-electron chi connectivity index (χ1n) is 9.55. The van der Waals surface area contributed by atoms with E-state index in [0.29, 0.717) is 17.0 Å². The summed E-state index contributed by atoms with van der Waals surface area (Å²) < 4.78 is 12.5. The number of aliphatic carboxylic acids is 1. The van der Waals surface area contributed by atoms with E-state index in [-0.39, 0.29) is 5.75 Å². The normalized spacial score (nSPS) is 12.7. The van der Waals surface area contributed by atoms with E-state index in [9.17, 15) is 14.7 Å². The van der Waals surface area contributed by atoms with Gasteiger partial charge in [-0.15, -0.1) is 0 Å². The van der Waals surface area contributed by atoms with Gasteiger partial charge in [0.1, 0.15) is 11.5 Å². The number of para-hydroxylation sites is 1. The summed E-state index contributed by atoms with van der Waals surface area (Å²) in [4.78, 5) is 23.8. The molecule has 0 aliphatic heterocycles. The summed E-state index contributed by atoms with van der Waals surface area (Å²) in [7, 11) is 0. The molecule has 32 heavy (non-hydrogen) atoms. The summed E-state index contributed by atoms with van der Waals surface area (Å²) in [6.45, 7) is 0. The molecule has 0 spiro atoms. The molecule has 0 unspecified atom stereocenters. The lowest BCUT2D eigenvalue weighted by atomic mass is 10.0. The number of carboxylic acid groups (broad SMARTS) is 1. The Balaban J connectivity index is 1.90.